The molecule has 2 heterocycles. The molecule has 50 heavy (non-hydrogen) atoms. The van der Waals surface area contributed by atoms with E-state index in [-0.39, 0.29) is 16.4 Å². The van der Waals surface area contributed by atoms with E-state index in [9.17, 15) is 16.8 Å². The number of rotatable bonds is 12. The van der Waals surface area contributed by atoms with Gasteiger partial charge in [-0.2, -0.15) is 0 Å². The largest absolute Gasteiger partial charge is 0.339 e. The predicted octanol–water partition coefficient (Wildman–Crippen LogP) is 7.67. The molecule has 11 heteroatoms. The molecule has 0 aliphatic rings. The Hall–Kier alpha value is -5.26. The van der Waals surface area contributed by atoms with E-state index in [0.717, 1.165) is 44.4 Å². The molecule has 0 amide bonds. The number of H-pyrrole nitrogens is 1. The Bertz CT molecular complexity index is 2410. The minimum Gasteiger partial charge on any atom is -0.339 e. The fourth-order valence-electron chi connectivity index (χ4n) is 6.13. The van der Waals surface area contributed by atoms with E-state index >= 15 is 0 Å². The van der Waals surface area contributed by atoms with Gasteiger partial charge in [0.2, 0.25) is 10.0 Å². The van der Waals surface area contributed by atoms with Crippen molar-refractivity contribution < 1.29 is 16.8 Å². The van der Waals surface area contributed by atoms with Crippen molar-refractivity contribution in [2.75, 3.05) is 30.7 Å². The third-order valence-electron chi connectivity index (χ3n) is 8.93. The zero-order valence-electron chi connectivity index (χ0n) is 28.2. The number of nitrogens with one attached hydrogen (secondary N) is 1. The first-order valence-electron chi connectivity index (χ1n) is 16.2. The van der Waals surface area contributed by atoms with Gasteiger partial charge >= 0.3 is 0 Å². The van der Waals surface area contributed by atoms with Gasteiger partial charge in [-0.15, -0.1) is 0 Å². The summed E-state index contributed by atoms with van der Waals surface area (Å²) in [5, 5.41) is 1.75. The SMILES string of the molecule is C=CN(CCCS(=O)(=O)N(C)c1ccc(-c2cnc3[nH]c4ccc(CS(=O)(=O)c5ccccc5)cc4c3c2-c2ccccc2)cc1)C(C)=NC. The summed E-state index contributed by atoms with van der Waals surface area (Å²) in [6.45, 7) is 6.15. The number of amidine groups is 1. The Labute approximate surface area is 293 Å². The molecule has 0 saturated heterocycles. The van der Waals surface area contributed by atoms with Crippen molar-refractivity contribution in [3.8, 4) is 22.3 Å². The highest BCUT2D eigenvalue weighted by Gasteiger charge is 2.22. The van der Waals surface area contributed by atoms with Gasteiger partial charge in [0.1, 0.15) is 5.65 Å². The molecule has 0 aliphatic carbocycles. The number of nitrogens with zero attached hydrogens (tertiary/aromatic N) is 4. The molecule has 2 aromatic heterocycles. The maximum absolute atomic E-state index is 13.3. The molecule has 0 spiro atoms. The molecule has 4 aromatic carbocycles. The fourth-order valence-corrected chi connectivity index (χ4v) is 8.69. The molecule has 0 atom stereocenters. The highest BCUT2D eigenvalue weighted by atomic mass is 32.2. The van der Waals surface area contributed by atoms with Crippen LogP contribution in [-0.2, 0) is 25.6 Å². The standard InChI is InChI=1S/C39H39N5O4S2/c1-5-44(28(2)40-3)23-12-24-50(47,48)43(4)32-20-18-30(19-21-32)35-26-41-39-38(37(35)31-13-8-6-9-14-31)34-25-29(17-22-36(34)42-39)27-49(45,46)33-15-10-7-11-16-33/h5-11,13-22,25-26H,1,12,23-24,27H2,2-4H3,(H,41,42). The summed E-state index contributed by atoms with van der Waals surface area (Å²) in [7, 11) is -3.88. The molecule has 0 radical (unpaired) electrons. The molecule has 1 N–H and O–H groups in total. The number of hydrogen-bond acceptors (Lipinski definition) is 6. The van der Waals surface area contributed by atoms with Crippen LogP contribution in [0.25, 0.3) is 44.2 Å². The van der Waals surface area contributed by atoms with Gasteiger partial charge in [-0.1, -0.05) is 73.3 Å². The molecule has 256 valence electrons. The van der Waals surface area contributed by atoms with Gasteiger partial charge in [-0.25, -0.2) is 21.8 Å². The first-order chi connectivity index (χ1) is 24.0. The maximum atomic E-state index is 13.3. The lowest BCUT2D eigenvalue weighted by Gasteiger charge is -2.22. The van der Waals surface area contributed by atoms with Crippen molar-refractivity contribution in [2.45, 2.75) is 24.0 Å². The van der Waals surface area contributed by atoms with Crippen LogP contribution in [0, 0.1) is 0 Å². The number of sulfone groups is 1. The van der Waals surface area contributed by atoms with Crippen molar-refractivity contribution in [1.82, 2.24) is 14.9 Å². The van der Waals surface area contributed by atoms with Crippen LogP contribution in [-0.4, -0.2) is 63.9 Å². The number of aliphatic imine (C=N–C) groups is 1. The van der Waals surface area contributed by atoms with Crippen LogP contribution in [0.1, 0.15) is 18.9 Å². The Balaban J connectivity index is 1.36. The van der Waals surface area contributed by atoms with E-state index in [0.29, 0.717) is 29.9 Å². The molecular weight excluding hydrogens is 667 g/mol. The van der Waals surface area contributed by atoms with E-state index in [4.69, 9.17) is 4.98 Å². The third kappa shape index (κ3) is 7.05. The van der Waals surface area contributed by atoms with Crippen molar-refractivity contribution >= 4 is 53.3 Å². The van der Waals surface area contributed by atoms with Crippen molar-refractivity contribution in [3.05, 3.63) is 128 Å². The van der Waals surface area contributed by atoms with Crippen molar-refractivity contribution in [3.63, 3.8) is 0 Å². The summed E-state index contributed by atoms with van der Waals surface area (Å²) in [6.07, 6.45) is 3.89. The van der Waals surface area contributed by atoms with Gasteiger partial charge < -0.3 is 9.88 Å². The molecule has 0 unspecified atom stereocenters. The van der Waals surface area contributed by atoms with Gasteiger partial charge in [0.05, 0.1) is 27.9 Å². The molecule has 6 rings (SSSR count). The van der Waals surface area contributed by atoms with E-state index < -0.39 is 19.9 Å². The van der Waals surface area contributed by atoms with Crippen LogP contribution in [0.5, 0.6) is 0 Å². The second-order valence-electron chi connectivity index (χ2n) is 12.0. The highest BCUT2D eigenvalue weighted by molar-refractivity contribution is 7.92. The number of pyridine rings is 1. The summed E-state index contributed by atoms with van der Waals surface area (Å²) >= 11 is 0. The normalized spacial score (nSPS) is 12.3. The number of aromatic nitrogens is 2. The first-order valence-corrected chi connectivity index (χ1v) is 19.4. The van der Waals surface area contributed by atoms with Crippen LogP contribution >= 0.6 is 0 Å². The average Bonchev–Trinajstić information content (AvgIpc) is 3.51. The van der Waals surface area contributed by atoms with Gasteiger partial charge in [-0.05, 0) is 72.6 Å². The van der Waals surface area contributed by atoms with Crippen molar-refractivity contribution in [2.24, 2.45) is 4.99 Å². The quantitative estimate of drug-likeness (QED) is 0.103. The van der Waals surface area contributed by atoms with Crippen LogP contribution in [0.2, 0.25) is 0 Å². The molecule has 9 nitrogen and oxygen atoms in total. The van der Waals surface area contributed by atoms with Crippen LogP contribution in [0.4, 0.5) is 5.69 Å². The summed E-state index contributed by atoms with van der Waals surface area (Å²) in [5.74, 6) is 0.610. The summed E-state index contributed by atoms with van der Waals surface area (Å²) < 4.78 is 54.4. The summed E-state index contributed by atoms with van der Waals surface area (Å²) in [6, 6.07) is 31.6. The zero-order valence-corrected chi connectivity index (χ0v) is 29.9. The monoisotopic (exact) mass is 705 g/mol. The van der Waals surface area contributed by atoms with Crippen LogP contribution < -0.4 is 4.31 Å². The molecule has 0 saturated carbocycles. The van der Waals surface area contributed by atoms with E-state index in [1.54, 1.807) is 62.8 Å². The minimum atomic E-state index is -3.59. The first kappa shape index (κ1) is 34.6. The topological polar surface area (TPSA) is 116 Å². The number of aromatic amines is 1. The highest BCUT2D eigenvalue weighted by Crippen LogP contribution is 2.41. The van der Waals surface area contributed by atoms with Crippen LogP contribution in [0.15, 0.2) is 132 Å². The molecule has 6 aromatic rings. The van der Waals surface area contributed by atoms with Crippen LogP contribution in [0.3, 0.4) is 0 Å². The maximum Gasteiger partial charge on any atom is 0.234 e. The Kier molecular flexibility index (Phi) is 9.90. The third-order valence-corrected chi connectivity index (χ3v) is 12.5. The Morgan fingerprint density at radius 3 is 2.24 bits per heavy atom. The van der Waals surface area contributed by atoms with E-state index in [1.165, 1.54) is 4.31 Å². The van der Waals surface area contributed by atoms with Gasteiger partial charge in [0.25, 0.3) is 0 Å². The number of anilines is 1. The van der Waals surface area contributed by atoms with Gasteiger partial charge in [0, 0.05) is 54.3 Å². The lowest BCUT2D eigenvalue weighted by Crippen LogP contribution is -2.31. The number of sulfonamides is 1. The van der Waals surface area contributed by atoms with Crippen molar-refractivity contribution in [1.29, 1.82) is 0 Å². The lowest BCUT2D eigenvalue weighted by molar-refractivity contribution is 0.538. The predicted molar refractivity (Wildman–Crippen MR) is 205 cm³/mol. The second kappa shape index (κ2) is 14.3. The number of hydrogen-bond donors (Lipinski definition) is 1. The number of benzene rings is 4. The Morgan fingerprint density at radius 2 is 1.58 bits per heavy atom. The molecule has 0 fully saturated rings. The van der Waals surface area contributed by atoms with E-state index in [2.05, 4.69) is 16.6 Å². The molecular formula is C39H39N5O4S2. The second-order valence-corrected chi connectivity index (χ2v) is 16.2. The fraction of sp³-hybridized carbons (Fsp3) is 0.179. The summed E-state index contributed by atoms with van der Waals surface area (Å²) in [4.78, 5) is 14.5. The smallest absolute Gasteiger partial charge is 0.234 e. The van der Waals surface area contributed by atoms with Gasteiger partial charge in [-0.3, -0.25) is 9.30 Å². The Morgan fingerprint density at radius 1 is 0.900 bits per heavy atom. The zero-order chi connectivity index (χ0) is 35.5. The number of fused-ring (bicyclic) bond motifs is 3. The molecule has 0 bridgehead atoms. The van der Waals surface area contributed by atoms with E-state index in [1.807, 2.05) is 78.7 Å². The molecule has 0 aliphatic heterocycles. The average molecular weight is 706 g/mol. The lowest BCUT2D eigenvalue weighted by atomic mass is 9.92. The minimum absolute atomic E-state index is 0.0273. The summed E-state index contributed by atoms with van der Waals surface area (Å²) in [5.41, 5.74) is 6.39. The van der Waals surface area contributed by atoms with Gasteiger partial charge in [0.15, 0.2) is 9.84 Å².